The van der Waals surface area contributed by atoms with Crippen LogP contribution in [0.2, 0.25) is 0 Å². The minimum atomic E-state index is -3.43. The first-order chi connectivity index (χ1) is 9.86. The van der Waals surface area contributed by atoms with E-state index in [-0.39, 0.29) is 6.61 Å². The Hall–Kier alpha value is -0.950. The largest absolute Gasteiger partial charge is 0.395 e. The van der Waals surface area contributed by atoms with Crippen LogP contribution in [0.1, 0.15) is 16.7 Å². The molecule has 0 saturated carbocycles. The highest BCUT2D eigenvalue weighted by atomic mass is 32.2. The Bertz CT molecular complexity index is 606. The maximum Gasteiger partial charge on any atom is 0.243 e. The minimum Gasteiger partial charge on any atom is -0.395 e. The van der Waals surface area contributed by atoms with Crippen LogP contribution in [0.25, 0.3) is 0 Å². The van der Waals surface area contributed by atoms with Gasteiger partial charge in [-0.3, -0.25) is 4.90 Å². The van der Waals surface area contributed by atoms with Crippen LogP contribution in [0.4, 0.5) is 0 Å². The smallest absolute Gasteiger partial charge is 0.243 e. The average Bonchev–Trinajstić information content (AvgIpc) is 2.43. The topological polar surface area (TPSA) is 60.9 Å². The molecular formula is C15H24N2O3S. The molecule has 1 heterocycles. The van der Waals surface area contributed by atoms with E-state index < -0.39 is 10.0 Å². The maximum atomic E-state index is 12.8. The highest BCUT2D eigenvalue weighted by Gasteiger charge is 2.29. The molecule has 0 bridgehead atoms. The van der Waals surface area contributed by atoms with Gasteiger partial charge in [-0.2, -0.15) is 4.31 Å². The van der Waals surface area contributed by atoms with Gasteiger partial charge in [-0.25, -0.2) is 8.42 Å². The molecule has 1 saturated heterocycles. The van der Waals surface area contributed by atoms with E-state index in [4.69, 9.17) is 5.11 Å². The first kappa shape index (κ1) is 16.4. The van der Waals surface area contributed by atoms with Crippen molar-refractivity contribution in [2.24, 2.45) is 0 Å². The van der Waals surface area contributed by atoms with Crippen LogP contribution < -0.4 is 0 Å². The lowest BCUT2D eigenvalue weighted by atomic mass is 10.1. The van der Waals surface area contributed by atoms with E-state index in [1.807, 2.05) is 26.8 Å². The van der Waals surface area contributed by atoms with Crippen molar-refractivity contribution in [3.8, 4) is 0 Å². The summed E-state index contributed by atoms with van der Waals surface area (Å²) in [7, 11) is -3.43. The SMILES string of the molecule is Cc1cc(C)c(S(=O)(=O)N2CCN(CCO)CC2)cc1C. The molecular weight excluding hydrogens is 288 g/mol. The maximum absolute atomic E-state index is 12.8. The Morgan fingerprint density at radius 2 is 1.57 bits per heavy atom. The highest BCUT2D eigenvalue weighted by molar-refractivity contribution is 7.89. The first-order valence-electron chi connectivity index (χ1n) is 7.27. The van der Waals surface area contributed by atoms with Gasteiger partial charge in [-0.1, -0.05) is 6.07 Å². The Morgan fingerprint density at radius 1 is 1.00 bits per heavy atom. The number of aryl methyl sites for hydroxylation is 3. The van der Waals surface area contributed by atoms with Crippen molar-refractivity contribution in [3.63, 3.8) is 0 Å². The van der Waals surface area contributed by atoms with Crippen molar-refractivity contribution in [1.29, 1.82) is 0 Å². The van der Waals surface area contributed by atoms with Gasteiger partial charge in [0.05, 0.1) is 11.5 Å². The molecule has 1 aliphatic rings. The molecule has 0 aromatic heterocycles. The lowest BCUT2D eigenvalue weighted by molar-refractivity contribution is 0.151. The van der Waals surface area contributed by atoms with E-state index in [0.29, 0.717) is 37.6 Å². The van der Waals surface area contributed by atoms with E-state index in [9.17, 15) is 8.42 Å². The van der Waals surface area contributed by atoms with Crippen molar-refractivity contribution in [2.45, 2.75) is 25.7 Å². The van der Waals surface area contributed by atoms with Gasteiger partial charge in [0.2, 0.25) is 10.0 Å². The Labute approximate surface area is 127 Å². The highest BCUT2D eigenvalue weighted by Crippen LogP contribution is 2.24. The minimum absolute atomic E-state index is 0.114. The average molecular weight is 312 g/mol. The van der Waals surface area contributed by atoms with Crippen molar-refractivity contribution < 1.29 is 13.5 Å². The summed E-state index contributed by atoms with van der Waals surface area (Å²) in [6.45, 7) is 8.80. The normalized spacial score (nSPS) is 18.1. The fraction of sp³-hybridized carbons (Fsp3) is 0.600. The standard InChI is InChI=1S/C15H24N2O3S/c1-12-10-14(3)15(11-13(12)2)21(19,20)17-6-4-16(5-7-17)8-9-18/h10-11,18H,4-9H2,1-3H3. The van der Waals surface area contributed by atoms with Crippen molar-refractivity contribution in [2.75, 3.05) is 39.3 Å². The third-order valence-electron chi connectivity index (χ3n) is 4.16. The van der Waals surface area contributed by atoms with Gasteiger partial charge in [0, 0.05) is 32.7 Å². The van der Waals surface area contributed by atoms with Gasteiger partial charge < -0.3 is 5.11 Å². The number of aliphatic hydroxyl groups excluding tert-OH is 1. The molecule has 0 radical (unpaired) electrons. The second-order valence-electron chi connectivity index (χ2n) is 5.67. The number of rotatable bonds is 4. The van der Waals surface area contributed by atoms with E-state index in [1.54, 1.807) is 10.4 Å². The molecule has 1 aromatic rings. The van der Waals surface area contributed by atoms with E-state index in [0.717, 1.165) is 16.7 Å². The van der Waals surface area contributed by atoms with Crippen LogP contribution in [0.15, 0.2) is 17.0 Å². The first-order valence-corrected chi connectivity index (χ1v) is 8.71. The van der Waals surface area contributed by atoms with Crippen LogP contribution in [-0.2, 0) is 10.0 Å². The van der Waals surface area contributed by atoms with Crippen molar-refractivity contribution in [3.05, 3.63) is 28.8 Å². The van der Waals surface area contributed by atoms with Gasteiger partial charge >= 0.3 is 0 Å². The van der Waals surface area contributed by atoms with Crippen LogP contribution in [0, 0.1) is 20.8 Å². The molecule has 5 nitrogen and oxygen atoms in total. The monoisotopic (exact) mass is 312 g/mol. The number of aliphatic hydroxyl groups is 1. The molecule has 1 aliphatic heterocycles. The molecule has 0 unspecified atom stereocenters. The summed E-state index contributed by atoms with van der Waals surface area (Å²) in [6.07, 6.45) is 0. The number of nitrogens with zero attached hydrogens (tertiary/aromatic N) is 2. The number of benzene rings is 1. The third-order valence-corrected chi connectivity index (χ3v) is 6.20. The lowest BCUT2D eigenvalue weighted by Crippen LogP contribution is -2.49. The van der Waals surface area contributed by atoms with E-state index in [1.165, 1.54) is 0 Å². The Balaban J connectivity index is 2.22. The summed E-state index contributed by atoms with van der Waals surface area (Å²) >= 11 is 0. The molecule has 1 aromatic carbocycles. The van der Waals surface area contributed by atoms with E-state index >= 15 is 0 Å². The predicted octanol–water partition coefficient (Wildman–Crippen LogP) is 0.910. The van der Waals surface area contributed by atoms with Crippen LogP contribution >= 0.6 is 0 Å². The molecule has 1 N–H and O–H groups in total. The molecule has 0 amide bonds. The van der Waals surface area contributed by atoms with Crippen LogP contribution in [0.5, 0.6) is 0 Å². The molecule has 1 fully saturated rings. The summed E-state index contributed by atoms with van der Waals surface area (Å²) in [5.74, 6) is 0. The number of β-amino-alcohol motifs (C(OH)–C–C–N with tert-alkyl or cyclic N) is 1. The van der Waals surface area contributed by atoms with Crippen LogP contribution in [0.3, 0.4) is 0 Å². The van der Waals surface area contributed by atoms with E-state index in [2.05, 4.69) is 4.90 Å². The molecule has 0 aliphatic carbocycles. The zero-order chi connectivity index (χ0) is 15.6. The zero-order valence-electron chi connectivity index (χ0n) is 13.0. The summed E-state index contributed by atoms with van der Waals surface area (Å²) in [5.41, 5.74) is 2.91. The summed E-state index contributed by atoms with van der Waals surface area (Å²) in [6, 6.07) is 3.71. The Kier molecular flexibility index (Phi) is 5.03. The number of hydrogen-bond donors (Lipinski definition) is 1. The number of piperazine rings is 1. The third kappa shape index (κ3) is 3.45. The summed E-state index contributed by atoms with van der Waals surface area (Å²) in [5, 5.41) is 8.94. The zero-order valence-corrected chi connectivity index (χ0v) is 13.8. The lowest BCUT2D eigenvalue weighted by Gasteiger charge is -2.33. The van der Waals surface area contributed by atoms with Crippen molar-refractivity contribution >= 4 is 10.0 Å². The van der Waals surface area contributed by atoms with Gasteiger partial charge in [-0.15, -0.1) is 0 Å². The van der Waals surface area contributed by atoms with Crippen LogP contribution in [-0.4, -0.2) is 62.1 Å². The summed E-state index contributed by atoms with van der Waals surface area (Å²) in [4.78, 5) is 2.50. The molecule has 118 valence electrons. The fourth-order valence-corrected chi connectivity index (χ4v) is 4.40. The molecule has 2 rings (SSSR count). The number of sulfonamides is 1. The Morgan fingerprint density at radius 3 is 2.14 bits per heavy atom. The number of hydrogen-bond acceptors (Lipinski definition) is 4. The summed E-state index contributed by atoms with van der Waals surface area (Å²) < 4.78 is 27.1. The van der Waals surface area contributed by atoms with Gasteiger partial charge in [0.15, 0.2) is 0 Å². The second kappa shape index (κ2) is 6.44. The predicted molar refractivity (Wildman–Crippen MR) is 82.9 cm³/mol. The van der Waals surface area contributed by atoms with Gasteiger partial charge in [0.25, 0.3) is 0 Å². The molecule has 6 heteroatoms. The molecule has 0 atom stereocenters. The molecule has 21 heavy (non-hydrogen) atoms. The van der Waals surface area contributed by atoms with Gasteiger partial charge in [0.1, 0.15) is 0 Å². The molecule has 0 spiro atoms. The van der Waals surface area contributed by atoms with Crippen molar-refractivity contribution in [1.82, 2.24) is 9.21 Å². The van der Waals surface area contributed by atoms with Gasteiger partial charge in [-0.05, 0) is 43.5 Å². The second-order valence-corrected chi connectivity index (χ2v) is 7.58. The fourth-order valence-electron chi connectivity index (χ4n) is 2.69. The quantitative estimate of drug-likeness (QED) is 0.898.